The first-order chi connectivity index (χ1) is 6.06. The fourth-order valence-electron chi connectivity index (χ4n) is 1.68. The standard InChI is InChI=1S/C9H17FN2O.ClH/c1-6(2)9(13)12-5-7(10)3-8(12)4-11;/h6-8H,3-5,11H2,1-2H3;1H/t7-,8+;/m1./s1. The highest BCUT2D eigenvalue weighted by Gasteiger charge is 2.34. The van der Waals surface area contributed by atoms with Gasteiger partial charge < -0.3 is 10.6 Å². The van der Waals surface area contributed by atoms with Crippen LogP contribution in [0.1, 0.15) is 20.3 Å². The molecule has 1 saturated heterocycles. The van der Waals surface area contributed by atoms with Crippen molar-refractivity contribution in [2.75, 3.05) is 13.1 Å². The number of amides is 1. The second-order valence-corrected chi connectivity index (χ2v) is 3.87. The molecular formula is C9H18ClFN2O. The van der Waals surface area contributed by atoms with Gasteiger partial charge in [0.05, 0.1) is 6.54 Å². The van der Waals surface area contributed by atoms with Gasteiger partial charge in [0.15, 0.2) is 0 Å². The molecule has 3 nitrogen and oxygen atoms in total. The SMILES string of the molecule is CC(C)C(=O)N1C[C@H](F)C[C@H]1CN.Cl. The van der Waals surface area contributed by atoms with Crippen LogP contribution in [0.3, 0.4) is 0 Å². The number of nitrogens with zero attached hydrogens (tertiary/aromatic N) is 1. The monoisotopic (exact) mass is 224 g/mol. The molecule has 84 valence electrons. The third-order valence-electron chi connectivity index (χ3n) is 2.41. The first kappa shape index (κ1) is 13.7. The minimum atomic E-state index is -0.892. The van der Waals surface area contributed by atoms with Crippen LogP contribution >= 0.6 is 12.4 Å². The predicted octanol–water partition coefficient (Wildman–Crippen LogP) is 0.962. The Morgan fingerprint density at radius 2 is 2.21 bits per heavy atom. The molecule has 5 heteroatoms. The zero-order valence-electron chi connectivity index (χ0n) is 8.57. The maximum absolute atomic E-state index is 13.0. The molecule has 0 radical (unpaired) electrons. The molecule has 2 atom stereocenters. The summed E-state index contributed by atoms with van der Waals surface area (Å²) in [6.07, 6.45) is -0.495. The van der Waals surface area contributed by atoms with E-state index >= 15 is 0 Å². The summed E-state index contributed by atoms with van der Waals surface area (Å²) in [6.45, 7) is 4.22. The van der Waals surface area contributed by atoms with E-state index in [1.165, 1.54) is 0 Å². The van der Waals surface area contributed by atoms with Crippen molar-refractivity contribution in [3.63, 3.8) is 0 Å². The molecule has 0 bridgehead atoms. The Balaban J connectivity index is 0.00000169. The second kappa shape index (κ2) is 5.51. The number of nitrogens with two attached hydrogens (primary N) is 1. The molecule has 0 saturated carbocycles. The number of alkyl halides is 1. The van der Waals surface area contributed by atoms with Crippen molar-refractivity contribution >= 4 is 18.3 Å². The van der Waals surface area contributed by atoms with E-state index in [1.807, 2.05) is 13.8 Å². The molecule has 1 aliphatic rings. The molecule has 0 spiro atoms. The number of rotatable bonds is 2. The van der Waals surface area contributed by atoms with E-state index in [9.17, 15) is 9.18 Å². The molecule has 1 amide bonds. The number of hydrogen-bond acceptors (Lipinski definition) is 2. The van der Waals surface area contributed by atoms with Crippen LogP contribution in [0.25, 0.3) is 0 Å². The molecule has 0 aliphatic carbocycles. The molecule has 2 N–H and O–H groups in total. The molecule has 0 unspecified atom stereocenters. The lowest BCUT2D eigenvalue weighted by molar-refractivity contribution is -0.135. The first-order valence-corrected chi connectivity index (χ1v) is 4.70. The summed E-state index contributed by atoms with van der Waals surface area (Å²) in [4.78, 5) is 13.1. The summed E-state index contributed by atoms with van der Waals surface area (Å²) in [5.74, 6) is -0.0602. The molecule has 1 rings (SSSR count). The van der Waals surface area contributed by atoms with Gasteiger partial charge in [-0.15, -0.1) is 12.4 Å². The molecule has 14 heavy (non-hydrogen) atoms. The van der Waals surface area contributed by atoms with Crippen LogP contribution < -0.4 is 5.73 Å². The van der Waals surface area contributed by atoms with E-state index < -0.39 is 6.17 Å². The Morgan fingerprint density at radius 3 is 2.64 bits per heavy atom. The number of hydrogen-bond donors (Lipinski definition) is 1. The van der Waals surface area contributed by atoms with E-state index in [1.54, 1.807) is 4.90 Å². The summed E-state index contributed by atoms with van der Waals surface area (Å²) in [5, 5.41) is 0. The topological polar surface area (TPSA) is 46.3 Å². The van der Waals surface area contributed by atoms with E-state index in [0.29, 0.717) is 13.0 Å². The van der Waals surface area contributed by atoms with Gasteiger partial charge in [0, 0.05) is 24.9 Å². The minimum Gasteiger partial charge on any atom is -0.335 e. The van der Waals surface area contributed by atoms with E-state index in [0.717, 1.165) is 0 Å². The van der Waals surface area contributed by atoms with Crippen molar-refractivity contribution in [2.24, 2.45) is 11.7 Å². The highest BCUT2D eigenvalue weighted by Crippen LogP contribution is 2.21. The number of halogens is 2. The Kier molecular flexibility index (Phi) is 5.37. The predicted molar refractivity (Wildman–Crippen MR) is 56.2 cm³/mol. The van der Waals surface area contributed by atoms with E-state index in [4.69, 9.17) is 5.73 Å². The smallest absolute Gasteiger partial charge is 0.225 e. The zero-order chi connectivity index (χ0) is 10.0. The minimum absolute atomic E-state index is 0. The van der Waals surface area contributed by atoms with Gasteiger partial charge in [-0.1, -0.05) is 13.8 Å². The second-order valence-electron chi connectivity index (χ2n) is 3.87. The van der Waals surface area contributed by atoms with Gasteiger partial charge >= 0.3 is 0 Å². The molecule has 0 aromatic heterocycles. The normalized spacial score (nSPS) is 26.5. The quantitative estimate of drug-likeness (QED) is 0.760. The molecular weight excluding hydrogens is 207 g/mol. The molecule has 0 aromatic rings. The van der Waals surface area contributed by atoms with Crippen molar-refractivity contribution in [3.05, 3.63) is 0 Å². The van der Waals surface area contributed by atoms with Crippen LogP contribution in [0.4, 0.5) is 4.39 Å². The number of carbonyl (C=O) groups is 1. The summed E-state index contributed by atoms with van der Waals surface area (Å²) in [7, 11) is 0. The average Bonchev–Trinajstić information content (AvgIpc) is 2.45. The highest BCUT2D eigenvalue weighted by atomic mass is 35.5. The van der Waals surface area contributed by atoms with Gasteiger partial charge in [0.2, 0.25) is 5.91 Å². The van der Waals surface area contributed by atoms with Crippen LogP contribution in [0.15, 0.2) is 0 Å². The lowest BCUT2D eigenvalue weighted by Gasteiger charge is -2.24. The van der Waals surface area contributed by atoms with Crippen LogP contribution in [0, 0.1) is 5.92 Å². The third-order valence-corrected chi connectivity index (χ3v) is 2.41. The average molecular weight is 225 g/mol. The third kappa shape index (κ3) is 2.82. The van der Waals surface area contributed by atoms with Gasteiger partial charge in [-0.2, -0.15) is 0 Å². The first-order valence-electron chi connectivity index (χ1n) is 4.70. The fraction of sp³-hybridized carbons (Fsp3) is 0.889. The van der Waals surface area contributed by atoms with Crippen molar-refractivity contribution in [1.82, 2.24) is 4.90 Å². The van der Waals surface area contributed by atoms with E-state index in [2.05, 4.69) is 0 Å². The Morgan fingerprint density at radius 1 is 1.64 bits per heavy atom. The van der Waals surface area contributed by atoms with Crippen LogP contribution in [0.5, 0.6) is 0 Å². The number of carbonyl (C=O) groups excluding carboxylic acids is 1. The maximum Gasteiger partial charge on any atom is 0.225 e. The zero-order valence-corrected chi connectivity index (χ0v) is 9.39. The van der Waals surface area contributed by atoms with Crippen LogP contribution in [-0.4, -0.2) is 36.1 Å². The maximum atomic E-state index is 13.0. The van der Waals surface area contributed by atoms with Crippen molar-refractivity contribution in [2.45, 2.75) is 32.5 Å². The van der Waals surface area contributed by atoms with Crippen LogP contribution in [0.2, 0.25) is 0 Å². The van der Waals surface area contributed by atoms with Gasteiger partial charge in [-0.3, -0.25) is 4.79 Å². The van der Waals surface area contributed by atoms with Crippen molar-refractivity contribution < 1.29 is 9.18 Å². The Bertz CT molecular complexity index is 201. The summed E-state index contributed by atoms with van der Waals surface area (Å²) >= 11 is 0. The molecule has 1 aliphatic heterocycles. The van der Waals surface area contributed by atoms with Crippen molar-refractivity contribution in [1.29, 1.82) is 0 Å². The fourth-order valence-corrected chi connectivity index (χ4v) is 1.68. The van der Waals surface area contributed by atoms with E-state index in [-0.39, 0.29) is 36.8 Å². The van der Waals surface area contributed by atoms with Gasteiger partial charge in [0.1, 0.15) is 6.17 Å². The Hall–Kier alpha value is -0.350. The van der Waals surface area contributed by atoms with Crippen molar-refractivity contribution in [3.8, 4) is 0 Å². The van der Waals surface area contributed by atoms with Gasteiger partial charge in [-0.25, -0.2) is 4.39 Å². The summed E-state index contributed by atoms with van der Waals surface area (Å²) in [5.41, 5.74) is 5.46. The highest BCUT2D eigenvalue weighted by molar-refractivity contribution is 5.85. The van der Waals surface area contributed by atoms with Gasteiger partial charge in [-0.05, 0) is 0 Å². The molecule has 1 fully saturated rings. The molecule has 1 heterocycles. The lowest BCUT2D eigenvalue weighted by atomic mass is 10.1. The summed E-state index contributed by atoms with van der Waals surface area (Å²) < 4.78 is 13.0. The largest absolute Gasteiger partial charge is 0.335 e. The molecule has 0 aromatic carbocycles. The Labute approximate surface area is 90.2 Å². The van der Waals surface area contributed by atoms with Gasteiger partial charge in [0.25, 0.3) is 0 Å². The lowest BCUT2D eigenvalue weighted by Crippen LogP contribution is -2.42. The van der Waals surface area contributed by atoms with Crippen LogP contribution in [-0.2, 0) is 4.79 Å². The summed E-state index contributed by atoms with van der Waals surface area (Å²) in [6, 6.07) is -0.0927. The number of likely N-dealkylation sites (tertiary alicyclic amines) is 1.